The second-order valence-electron chi connectivity index (χ2n) is 6.30. The summed E-state index contributed by atoms with van der Waals surface area (Å²) in [6.07, 6.45) is 0. The van der Waals surface area contributed by atoms with Crippen LogP contribution in [0.2, 0.25) is 0 Å². The Morgan fingerprint density at radius 1 is 1.37 bits per heavy atom. The summed E-state index contributed by atoms with van der Waals surface area (Å²) in [5, 5.41) is 8.67. The van der Waals surface area contributed by atoms with E-state index in [0.29, 0.717) is 29.3 Å². The van der Waals surface area contributed by atoms with Crippen molar-refractivity contribution in [1.82, 2.24) is 10.1 Å². The maximum absolute atomic E-state index is 11.4. The van der Waals surface area contributed by atoms with Gasteiger partial charge in [0.2, 0.25) is 5.91 Å². The number of ether oxygens (including phenoxy) is 1. The quantitative estimate of drug-likeness (QED) is 0.551. The Morgan fingerprint density at radius 2 is 2.19 bits per heavy atom. The van der Waals surface area contributed by atoms with E-state index in [1.165, 1.54) is 18.3 Å². The Labute approximate surface area is 159 Å². The summed E-state index contributed by atoms with van der Waals surface area (Å²) < 4.78 is 10.8. The zero-order chi connectivity index (χ0) is 19.1. The Bertz CT molecular complexity index is 1180. The number of aryl methyl sites for hydroxylation is 1. The zero-order valence-electron chi connectivity index (χ0n) is 15.1. The number of nitrogens with two attached hydrogens (primary N) is 1. The lowest BCUT2D eigenvalue weighted by Gasteiger charge is -2.04. The SMILES string of the molecule is COCc1cc(C)nc2sc(-c3noc4ccc(NC(C)=O)cc34)c(N)c12. The molecule has 8 heteroatoms. The highest BCUT2D eigenvalue weighted by atomic mass is 32.1. The Hall–Kier alpha value is -2.97. The Morgan fingerprint density at radius 3 is 2.93 bits per heavy atom. The van der Waals surface area contributed by atoms with Gasteiger partial charge in [0, 0.05) is 30.8 Å². The van der Waals surface area contributed by atoms with Gasteiger partial charge >= 0.3 is 0 Å². The lowest BCUT2D eigenvalue weighted by molar-refractivity contribution is -0.114. The van der Waals surface area contributed by atoms with Gasteiger partial charge in [-0.25, -0.2) is 4.98 Å². The molecule has 0 aliphatic carbocycles. The predicted octanol–water partition coefficient (Wildman–Crippen LogP) is 4.10. The maximum Gasteiger partial charge on any atom is 0.221 e. The first kappa shape index (κ1) is 17.4. The highest BCUT2D eigenvalue weighted by Gasteiger charge is 2.21. The van der Waals surface area contributed by atoms with Crippen molar-refractivity contribution in [3.05, 3.63) is 35.5 Å². The van der Waals surface area contributed by atoms with Gasteiger partial charge in [-0.15, -0.1) is 11.3 Å². The van der Waals surface area contributed by atoms with E-state index in [9.17, 15) is 4.79 Å². The zero-order valence-corrected chi connectivity index (χ0v) is 15.9. The molecule has 0 aliphatic rings. The number of carbonyl (C=O) groups excluding carboxylic acids is 1. The van der Waals surface area contributed by atoms with Crippen molar-refractivity contribution in [1.29, 1.82) is 0 Å². The maximum atomic E-state index is 11.4. The predicted molar refractivity (Wildman–Crippen MR) is 107 cm³/mol. The smallest absolute Gasteiger partial charge is 0.221 e. The van der Waals surface area contributed by atoms with Crippen LogP contribution in [0.3, 0.4) is 0 Å². The molecule has 138 valence electrons. The number of thiophene rings is 1. The van der Waals surface area contributed by atoms with Gasteiger partial charge in [0.1, 0.15) is 10.5 Å². The number of pyridine rings is 1. The van der Waals surface area contributed by atoms with Crippen LogP contribution in [0.4, 0.5) is 11.4 Å². The fourth-order valence-corrected chi connectivity index (χ4v) is 4.35. The molecule has 3 aromatic heterocycles. The van der Waals surface area contributed by atoms with Gasteiger partial charge in [0.15, 0.2) is 5.58 Å². The third-order valence-corrected chi connectivity index (χ3v) is 5.32. The first-order valence-corrected chi connectivity index (χ1v) is 9.14. The fourth-order valence-electron chi connectivity index (χ4n) is 3.17. The number of fused-ring (bicyclic) bond motifs is 2. The highest BCUT2D eigenvalue weighted by Crippen LogP contribution is 2.44. The van der Waals surface area contributed by atoms with Crippen LogP contribution < -0.4 is 11.1 Å². The largest absolute Gasteiger partial charge is 0.397 e. The van der Waals surface area contributed by atoms with Gasteiger partial charge in [-0.05, 0) is 36.8 Å². The molecule has 4 rings (SSSR count). The summed E-state index contributed by atoms with van der Waals surface area (Å²) in [4.78, 5) is 17.6. The topological polar surface area (TPSA) is 103 Å². The number of methoxy groups -OCH3 is 1. The molecule has 0 atom stereocenters. The second-order valence-corrected chi connectivity index (χ2v) is 7.30. The molecule has 27 heavy (non-hydrogen) atoms. The number of nitrogen functional groups attached to an aromatic ring is 1. The number of rotatable bonds is 4. The van der Waals surface area contributed by atoms with Gasteiger partial charge in [0.25, 0.3) is 0 Å². The van der Waals surface area contributed by atoms with Gasteiger partial charge < -0.3 is 20.3 Å². The van der Waals surface area contributed by atoms with Crippen molar-refractivity contribution >= 4 is 49.8 Å². The summed E-state index contributed by atoms with van der Waals surface area (Å²) in [5.74, 6) is -0.141. The van der Waals surface area contributed by atoms with Crippen LogP contribution in [0.15, 0.2) is 28.8 Å². The molecule has 4 aromatic rings. The fraction of sp³-hybridized carbons (Fsp3) is 0.211. The standard InChI is InChI=1S/C19H18N4O3S/c1-9-6-11(8-25-3)15-16(20)18(27-19(15)21-9)17-13-7-12(22-10(2)24)4-5-14(13)26-23-17/h4-7H,8,20H2,1-3H3,(H,22,24). The number of anilines is 2. The van der Waals surface area contributed by atoms with Gasteiger partial charge in [-0.2, -0.15) is 0 Å². The van der Waals surface area contributed by atoms with Crippen LogP contribution in [-0.4, -0.2) is 23.2 Å². The van der Waals surface area contributed by atoms with Crippen LogP contribution in [0.1, 0.15) is 18.2 Å². The monoisotopic (exact) mass is 382 g/mol. The lowest BCUT2D eigenvalue weighted by Crippen LogP contribution is -2.05. The molecule has 0 spiro atoms. The van der Waals surface area contributed by atoms with E-state index in [1.54, 1.807) is 19.2 Å². The number of amides is 1. The summed E-state index contributed by atoms with van der Waals surface area (Å²) >= 11 is 1.47. The molecular formula is C19H18N4O3S. The van der Waals surface area contributed by atoms with Crippen molar-refractivity contribution in [3.8, 4) is 10.6 Å². The molecule has 0 fully saturated rings. The molecule has 0 bridgehead atoms. The van der Waals surface area contributed by atoms with E-state index in [4.69, 9.17) is 15.0 Å². The van der Waals surface area contributed by atoms with Crippen molar-refractivity contribution in [2.75, 3.05) is 18.2 Å². The Kier molecular flexibility index (Phi) is 4.29. The van der Waals surface area contributed by atoms with E-state index in [2.05, 4.69) is 15.5 Å². The van der Waals surface area contributed by atoms with Crippen molar-refractivity contribution in [2.45, 2.75) is 20.5 Å². The van der Waals surface area contributed by atoms with E-state index in [-0.39, 0.29) is 5.91 Å². The minimum absolute atomic E-state index is 0.141. The third-order valence-electron chi connectivity index (χ3n) is 4.21. The van der Waals surface area contributed by atoms with Crippen molar-refractivity contribution in [3.63, 3.8) is 0 Å². The number of hydrogen-bond donors (Lipinski definition) is 2. The van der Waals surface area contributed by atoms with Crippen LogP contribution in [-0.2, 0) is 16.1 Å². The molecule has 3 heterocycles. The van der Waals surface area contributed by atoms with E-state index in [0.717, 1.165) is 31.7 Å². The average Bonchev–Trinajstić information content (AvgIpc) is 3.15. The number of aromatic nitrogens is 2. The van der Waals surface area contributed by atoms with Gasteiger partial charge in [-0.1, -0.05) is 5.16 Å². The number of hydrogen-bond acceptors (Lipinski definition) is 7. The molecule has 3 N–H and O–H groups in total. The van der Waals surface area contributed by atoms with Crippen LogP contribution in [0.5, 0.6) is 0 Å². The highest BCUT2D eigenvalue weighted by molar-refractivity contribution is 7.22. The summed E-state index contributed by atoms with van der Waals surface area (Å²) in [7, 11) is 1.65. The lowest BCUT2D eigenvalue weighted by atomic mass is 10.1. The molecule has 0 radical (unpaired) electrons. The summed E-state index contributed by atoms with van der Waals surface area (Å²) in [5.41, 5.74) is 10.9. The molecule has 0 unspecified atom stereocenters. The number of nitrogens with one attached hydrogen (secondary N) is 1. The molecule has 0 saturated heterocycles. The molecule has 1 amide bonds. The first-order valence-electron chi connectivity index (χ1n) is 8.32. The average molecular weight is 382 g/mol. The van der Waals surface area contributed by atoms with Gasteiger partial charge in [-0.3, -0.25) is 4.79 Å². The van der Waals surface area contributed by atoms with Gasteiger partial charge in [0.05, 0.1) is 22.6 Å². The van der Waals surface area contributed by atoms with Crippen LogP contribution in [0.25, 0.3) is 31.8 Å². The number of nitrogens with zero attached hydrogens (tertiary/aromatic N) is 2. The minimum atomic E-state index is -0.141. The normalized spacial score (nSPS) is 11.4. The summed E-state index contributed by atoms with van der Waals surface area (Å²) in [6.45, 7) is 3.86. The van der Waals surface area contributed by atoms with Crippen LogP contribution >= 0.6 is 11.3 Å². The third kappa shape index (κ3) is 3.02. The number of benzene rings is 1. The van der Waals surface area contributed by atoms with Crippen LogP contribution in [0, 0.1) is 6.92 Å². The molecule has 1 aromatic carbocycles. The first-order chi connectivity index (χ1) is 13.0. The van der Waals surface area contributed by atoms with E-state index < -0.39 is 0 Å². The Balaban J connectivity index is 1.93. The van der Waals surface area contributed by atoms with E-state index in [1.807, 2.05) is 19.1 Å². The molecular weight excluding hydrogens is 364 g/mol. The molecule has 0 aliphatic heterocycles. The van der Waals surface area contributed by atoms with Crippen molar-refractivity contribution in [2.24, 2.45) is 0 Å². The second kappa shape index (κ2) is 6.64. The molecule has 7 nitrogen and oxygen atoms in total. The molecule has 0 saturated carbocycles. The summed E-state index contributed by atoms with van der Waals surface area (Å²) in [6, 6.07) is 7.36. The number of carbonyl (C=O) groups is 1. The van der Waals surface area contributed by atoms with Crippen molar-refractivity contribution < 1.29 is 14.1 Å². The minimum Gasteiger partial charge on any atom is -0.397 e. The van der Waals surface area contributed by atoms with E-state index >= 15 is 0 Å².